The Kier molecular flexibility index (Phi) is 9.21. The number of rotatable bonds is 6. The number of nitrogens with two attached hydrogens (primary N) is 1. The van der Waals surface area contributed by atoms with Crippen molar-refractivity contribution in [3.63, 3.8) is 0 Å². The summed E-state index contributed by atoms with van der Waals surface area (Å²) in [6.07, 6.45) is 9.33. The largest absolute Gasteiger partial charge is 0.481 e. The maximum atomic E-state index is 14.0. The van der Waals surface area contributed by atoms with E-state index in [1.165, 1.54) is 5.57 Å². The standard InChI is InChI=1S/C41H65N3O6/c1-24(2)32-27(45)22-41(43-35(49)44-20-14-25(42)15-21-44)19-18-39(8)26(33(32)41)10-11-29-38(7)16-13-30(50-31(46)23-36(3,4)34(47)48)37(5,6)28(38)12-17-40(29,39)9/h24-26,28-30H,10-23,42H2,1-9H3,(H,43,49)(H,47,48)/t26-,28+,29-,30+,38+,39-,40-,41-/m1/s1. The highest BCUT2D eigenvalue weighted by molar-refractivity contribution is 6.02. The van der Waals surface area contributed by atoms with Gasteiger partial charge in [-0.1, -0.05) is 48.5 Å². The summed E-state index contributed by atoms with van der Waals surface area (Å²) in [5.74, 6) is -0.0144. The van der Waals surface area contributed by atoms with Gasteiger partial charge in [0.05, 0.1) is 17.4 Å². The van der Waals surface area contributed by atoms with Crippen LogP contribution in [-0.4, -0.2) is 64.5 Å². The molecule has 9 nitrogen and oxygen atoms in total. The quantitative estimate of drug-likeness (QED) is 0.249. The first-order valence-corrected chi connectivity index (χ1v) is 19.7. The predicted molar refractivity (Wildman–Crippen MR) is 193 cm³/mol. The second kappa shape index (κ2) is 12.3. The third-order valence-electron chi connectivity index (χ3n) is 16.0. The number of likely N-dealkylation sites (tertiary alicyclic amines) is 1. The molecule has 6 aliphatic rings. The minimum absolute atomic E-state index is 0.0218. The van der Waals surface area contributed by atoms with Crippen molar-refractivity contribution >= 4 is 23.8 Å². The molecule has 5 aliphatic carbocycles. The van der Waals surface area contributed by atoms with Gasteiger partial charge in [-0.2, -0.15) is 0 Å². The number of Topliss-reactive ketones (excluding diaryl/α,β-unsaturated/α-hetero) is 1. The summed E-state index contributed by atoms with van der Waals surface area (Å²) in [7, 11) is 0. The molecule has 4 saturated carbocycles. The molecule has 0 aromatic rings. The number of hydrogen-bond donors (Lipinski definition) is 3. The lowest BCUT2D eigenvalue weighted by atomic mass is 9.33. The smallest absolute Gasteiger partial charge is 0.318 e. The van der Waals surface area contributed by atoms with Crippen molar-refractivity contribution in [2.45, 2.75) is 157 Å². The fourth-order valence-electron chi connectivity index (χ4n) is 13.0. The number of urea groups is 1. The normalized spacial score (nSPS) is 40.1. The molecule has 1 saturated heterocycles. The lowest BCUT2D eigenvalue weighted by molar-refractivity contribution is -0.232. The van der Waals surface area contributed by atoms with E-state index in [-0.39, 0.29) is 63.9 Å². The number of hydrogen-bond acceptors (Lipinski definition) is 6. The average molecular weight is 696 g/mol. The number of piperidine rings is 1. The molecule has 4 N–H and O–H groups in total. The number of nitrogens with zero attached hydrogens (tertiary/aromatic N) is 1. The number of esters is 1. The van der Waals surface area contributed by atoms with Crippen LogP contribution in [0.4, 0.5) is 4.79 Å². The van der Waals surface area contributed by atoms with Gasteiger partial charge in [-0.25, -0.2) is 4.79 Å². The zero-order valence-electron chi connectivity index (χ0n) is 32.4. The third-order valence-corrected chi connectivity index (χ3v) is 16.0. The van der Waals surface area contributed by atoms with Crippen molar-refractivity contribution in [2.24, 2.45) is 56.5 Å². The number of ether oxygens (including phenoxy) is 1. The number of nitrogens with one attached hydrogen (secondary N) is 1. The average Bonchev–Trinajstić information content (AvgIpc) is 3.30. The van der Waals surface area contributed by atoms with Gasteiger partial charge in [0.1, 0.15) is 6.10 Å². The first-order valence-electron chi connectivity index (χ1n) is 19.7. The maximum Gasteiger partial charge on any atom is 0.318 e. The summed E-state index contributed by atoms with van der Waals surface area (Å²) in [5.41, 5.74) is 6.45. The molecule has 6 rings (SSSR count). The van der Waals surface area contributed by atoms with Gasteiger partial charge in [-0.05, 0) is 129 Å². The summed E-state index contributed by atoms with van der Waals surface area (Å²) in [6.45, 7) is 20.9. The van der Waals surface area contributed by atoms with E-state index in [1.807, 2.05) is 4.90 Å². The summed E-state index contributed by atoms with van der Waals surface area (Å²) in [6, 6.07) is 0.0957. The molecule has 0 aromatic heterocycles. The molecule has 0 unspecified atom stereocenters. The number of ketones is 1. The number of carboxylic acids is 1. The molecule has 1 heterocycles. The van der Waals surface area contributed by atoms with Crippen LogP contribution < -0.4 is 11.1 Å². The molecule has 5 fully saturated rings. The number of allylic oxidation sites excluding steroid dienone is 1. The van der Waals surface area contributed by atoms with Gasteiger partial charge in [0, 0.05) is 31.0 Å². The molecule has 2 amide bonds. The highest BCUT2D eigenvalue weighted by Gasteiger charge is 2.70. The first kappa shape index (κ1) is 37.3. The van der Waals surface area contributed by atoms with E-state index >= 15 is 0 Å². The highest BCUT2D eigenvalue weighted by atomic mass is 16.5. The van der Waals surface area contributed by atoms with Crippen molar-refractivity contribution in [3.8, 4) is 0 Å². The number of fused-ring (bicyclic) bond motifs is 7. The van der Waals surface area contributed by atoms with Crippen LogP contribution in [0.15, 0.2) is 11.1 Å². The Balaban J connectivity index is 1.28. The van der Waals surface area contributed by atoms with Gasteiger partial charge in [-0.15, -0.1) is 0 Å². The van der Waals surface area contributed by atoms with Crippen LogP contribution >= 0.6 is 0 Å². The fraction of sp³-hybridized carbons (Fsp3) is 0.854. The zero-order chi connectivity index (χ0) is 36.8. The van der Waals surface area contributed by atoms with Crippen LogP contribution in [-0.2, 0) is 19.1 Å². The van der Waals surface area contributed by atoms with Crippen molar-refractivity contribution in [1.82, 2.24) is 10.2 Å². The Bertz CT molecular complexity index is 1460. The number of carboxylic acid groups (broad SMARTS) is 1. The molecule has 50 heavy (non-hydrogen) atoms. The van der Waals surface area contributed by atoms with Gasteiger partial charge in [0.2, 0.25) is 0 Å². The molecular weight excluding hydrogens is 630 g/mol. The van der Waals surface area contributed by atoms with Gasteiger partial charge >= 0.3 is 18.0 Å². The lowest BCUT2D eigenvalue weighted by Gasteiger charge is -2.72. The molecule has 0 spiro atoms. The SMILES string of the molecule is CC(C)C1=C2[C@H]3CC[C@@H]4[C@@]5(C)CC[C@H](OC(=O)CC(C)(C)C(=O)O)C(C)(C)[C@@H]5CC[C@@]4(C)[C@]3(C)CC[C@@]2(NC(=O)N2CCC(N)CC2)CC1=O. The molecule has 0 bridgehead atoms. The number of carbonyl (C=O) groups excluding carboxylic acids is 3. The number of aliphatic carboxylic acids is 1. The van der Waals surface area contributed by atoms with Gasteiger partial charge in [0.25, 0.3) is 0 Å². The van der Waals surface area contributed by atoms with Crippen LogP contribution in [0.2, 0.25) is 0 Å². The maximum absolute atomic E-state index is 14.0. The van der Waals surface area contributed by atoms with E-state index in [0.717, 1.165) is 69.8 Å². The lowest BCUT2D eigenvalue weighted by Crippen LogP contribution is -2.67. The van der Waals surface area contributed by atoms with Crippen LogP contribution in [0.25, 0.3) is 0 Å². The Labute approximate surface area is 300 Å². The highest BCUT2D eigenvalue weighted by Crippen LogP contribution is 2.76. The van der Waals surface area contributed by atoms with Crippen molar-refractivity contribution in [3.05, 3.63) is 11.1 Å². The van der Waals surface area contributed by atoms with Gasteiger partial charge in [-0.3, -0.25) is 14.4 Å². The zero-order valence-corrected chi connectivity index (χ0v) is 32.4. The van der Waals surface area contributed by atoms with E-state index in [4.69, 9.17) is 10.5 Å². The molecule has 1 aliphatic heterocycles. The van der Waals surface area contributed by atoms with E-state index in [0.29, 0.717) is 31.3 Å². The minimum atomic E-state index is -1.16. The van der Waals surface area contributed by atoms with Crippen LogP contribution in [0.1, 0.15) is 139 Å². The Hall–Kier alpha value is -2.42. The van der Waals surface area contributed by atoms with Crippen molar-refractivity contribution in [1.29, 1.82) is 0 Å². The second-order valence-corrected chi connectivity index (χ2v) is 19.7. The number of carbonyl (C=O) groups is 4. The molecule has 0 radical (unpaired) electrons. The van der Waals surface area contributed by atoms with Crippen LogP contribution in [0, 0.1) is 50.7 Å². The van der Waals surface area contributed by atoms with Gasteiger partial charge < -0.3 is 25.8 Å². The minimum Gasteiger partial charge on any atom is -0.481 e. The molecule has 280 valence electrons. The Morgan fingerprint density at radius 2 is 1.58 bits per heavy atom. The summed E-state index contributed by atoms with van der Waals surface area (Å²) in [4.78, 5) is 54.5. The summed E-state index contributed by atoms with van der Waals surface area (Å²) < 4.78 is 6.15. The first-order chi connectivity index (χ1) is 23.1. The monoisotopic (exact) mass is 695 g/mol. The van der Waals surface area contributed by atoms with Gasteiger partial charge in [0.15, 0.2) is 5.78 Å². The summed E-state index contributed by atoms with van der Waals surface area (Å²) >= 11 is 0. The third kappa shape index (κ3) is 5.57. The predicted octanol–water partition coefficient (Wildman–Crippen LogP) is 7.26. The molecule has 8 atom stereocenters. The fourth-order valence-corrected chi connectivity index (χ4v) is 13.0. The Morgan fingerprint density at radius 3 is 2.20 bits per heavy atom. The van der Waals surface area contributed by atoms with E-state index in [1.54, 1.807) is 13.8 Å². The second-order valence-electron chi connectivity index (χ2n) is 19.7. The van der Waals surface area contributed by atoms with Crippen molar-refractivity contribution < 1.29 is 29.0 Å². The van der Waals surface area contributed by atoms with Crippen LogP contribution in [0.5, 0.6) is 0 Å². The van der Waals surface area contributed by atoms with E-state index in [9.17, 15) is 24.3 Å². The van der Waals surface area contributed by atoms with Crippen LogP contribution in [0.3, 0.4) is 0 Å². The Morgan fingerprint density at radius 1 is 0.920 bits per heavy atom. The number of amides is 2. The van der Waals surface area contributed by atoms with E-state index < -0.39 is 22.9 Å². The van der Waals surface area contributed by atoms with Crippen molar-refractivity contribution in [2.75, 3.05) is 13.1 Å². The molecule has 0 aromatic carbocycles. The topological polar surface area (TPSA) is 139 Å². The summed E-state index contributed by atoms with van der Waals surface area (Å²) in [5, 5.41) is 13.1. The molecular formula is C41H65N3O6. The molecule has 9 heteroatoms. The van der Waals surface area contributed by atoms with E-state index in [2.05, 4.69) is 53.8 Å².